The maximum Gasteiger partial charge on any atom is 0.286 e. The normalized spacial score (nSPS) is 10.6. The Morgan fingerprint density at radius 3 is 2.56 bits per heavy atom. The standard InChI is InChI=1S/C20H16BrNO4S/c21-15-3-1-2-14(12-15)10-11-26-17-6-9-20(19(13-17)22(24)25)27-18-7-4-16(23)5-8-18/h1-9,12-13,23H,10-11H2. The number of rotatable bonds is 7. The van der Waals surface area contributed by atoms with E-state index in [9.17, 15) is 15.2 Å². The van der Waals surface area contributed by atoms with E-state index < -0.39 is 4.92 Å². The maximum atomic E-state index is 11.4. The van der Waals surface area contributed by atoms with Crippen molar-refractivity contribution in [1.29, 1.82) is 0 Å². The van der Waals surface area contributed by atoms with Gasteiger partial charge in [0.2, 0.25) is 0 Å². The molecule has 0 radical (unpaired) electrons. The third-order valence-corrected chi connectivity index (χ3v) is 5.31. The molecule has 0 aliphatic rings. The summed E-state index contributed by atoms with van der Waals surface area (Å²) in [6.45, 7) is 0.429. The summed E-state index contributed by atoms with van der Waals surface area (Å²) >= 11 is 4.70. The minimum absolute atomic E-state index is 0.00645. The first-order valence-electron chi connectivity index (χ1n) is 8.14. The monoisotopic (exact) mass is 445 g/mol. The van der Waals surface area contributed by atoms with E-state index in [-0.39, 0.29) is 11.4 Å². The molecule has 0 spiro atoms. The Morgan fingerprint density at radius 1 is 1.07 bits per heavy atom. The molecule has 0 aromatic heterocycles. The molecule has 3 rings (SSSR count). The third kappa shape index (κ3) is 5.48. The van der Waals surface area contributed by atoms with Crippen LogP contribution in [0, 0.1) is 10.1 Å². The summed E-state index contributed by atoms with van der Waals surface area (Å²) < 4.78 is 6.71. The first kappa shape index (κ1) is 19.3. The van der Waals surface area contributed by atoms with Crippen molar-refractivity contribution < 1.29 is 14.8 Å². The summed E-state index contributed by atoms with van der Waals surface area (Å²) in [5, 5.41) is 20.8. The van der Waals surface area contributed by atoms with Crippen LogP contribution in [0.5, 0.6) is 11.5 Å². The van der Waals surface area contributed by atoms with Crippen molar-refractivity contribution in [2.45, 2.75) is 16.2 Å². The first-order valence-corrected chi connectivity index (χ1v) is 9.75. The number of phenolic OH excluding ortho intramolecular Hbond substituents is 1. The summed E-state index contributed by atoms with van der Waals surface area (Å²) in [5.74, 6) is 0.620. The molecule has 0 saturated heterocycles. The molecule has 0 fully saturated rings. The van der Waals surface area contributed by atoms with Crippen molar-refractivity contribution in [3.8, 4) is 11.5 Å². The molecule has 0 aliphatic heterocycles. The molecule has 7 heteroatoms. The van der Waals surface area contributed by atoms with Crippen LogP contribution < -0.4 is 4.74 Å². The third-order valence-electron chi connectivity index (χ3n) is 3.74. The van der Waals surface area contributed by atoms with E-state index in [1.54, 1.807) is 36.4 Å². The van der Waals surface area contributed by atoms with E-state index in [0.717, 1.165) is 14.9 Å². The Kier molecular flexibility index (Phi) is 6.36. The zero-order valence-electron chi connectivity index (χ0n) is 14.2. The van der Waals surface area contributed by atoms with Crippen molar-refractivity contribution in [3.63, 3.8) is 0 Å². The second-order valence-electron chi connectivity index (χ2n) is 5.71. The van der Waals surface area contributed by atoms with Gasteiger partial charge in [0.05, 0.1) is 22.5 Å². The highest BCUT2D eigenvalue weighted by Crippen LogP contribution is 2.37. The lowest BCUT2D eigenvalue weighted by molar-refractivity contribution is -0.387. The summed E-state index contributed by atoms with van der Waals surface area (Å²) in [4.78, 5) is 12.4. The van der Waals surface area contributed by atoms with E-state index in [1.807, 2.05) is 24.3 Å². The van der Waals surface area contributed by atoms with E-state index in [4.69, 9.17) is 4.74 Å². The lowest BCUT2D eigenvalue weighted by atomic mass is 10.2. The number of nitro groups is 1. The van der Waals surface area contributed by atoms with Crippen molar-refractivity contribution in [3.05, 3.63) is 86.9 Å². The number of halogens is 1. The number of ether oxygens (including phenoxy) is 1. The SMILES string of the molecule is O=[N+]([O-])c1cc(OCCc2cccc(Br)c2)ccc1Sc1ccc(O)cc1. The topological polar surface area (TPSA) is 72.6 Å². The van der Waals surface area contributed by atoms with Crippen LogP contribution in [-0.2, 0) is 6.42 Å². The largest absolute Gasteiger partial charge is 0.508 e. The van der Waals surface area contributed by atoms with Gasteiger partial charge in [-0.2, -0.15) is 0 Å². The predicted octanol–water partition coefficient (Wildman–Crippen LogP) is 5.84. The molecule has 0 aliphatic carbocycles. The number of hydrogen-bond acceptors (Lipinski definition) is 5. The fraction of sp³-hybridized carbons (Fsp3) is 0.100. The number of nitro benzene ring substituents is 1. The van der Waals surface area contributed by atoms with Gasteiger partial charge in [-0.25, -0.2) is 0 Å². The Labute approximate surface area is 169 Å². The van der Waals surface area contributed by atoms with Gasteiger partial charge in [-0.05, 0) is 54.1 Å². The van der Waals surface area contributed by atoms with Crippen LogP contribution in [0.1, 0.15) is 5.56 Å². The van der Waals surface area contributed by atoms with Crippen LogP contribution in [0.3, 0.4) is 0 Å². The van der Waals surface area contributed by atoms with Gasteiger partial charge in [0.25, 0.3) is 5.69 Å². The highest BCUT2D eigenvalue weighted by molar-refractivity contribution is 9.10. The van der Waals surface area contributed by atoms with Crippen molar-refractivity contribution in [2.75, 3.05) is 6.61 Å². The lowest BCUT2D eigenvalue weighted by Gasteiger charge is -2.09. The molecule has 0 amide bonds. The van der Waals surface area contributed by atoms with Gasteiger partial charge in [-0.1, -0.05) is 39.8 Å². The van der Waals surface area contributed by atoms with Crippen LogP contribution in [0.25, 0.3) is 0 Å². The van der Waals surface area contributed by atoms with Gasteiger partial charge in [0, 0.05) is 15.8 Å². The second-order valence-corrected chi connectivity index (χ2v) is 7.74. The van der Waals surface area contributed by atoms with Gasteiger partial charge in [0.15, 0.2) is 0 Å². The molecule has 0 bridgehead atoms. The average Bonchev–Trinajstić information content (AvgIpc) is 2.64. The minimum atomic E-state index is -0.413. The molecule has 0 heterocycles. The predicted molar refractivity (Wildman–Crippen MR) is 109 cm³/mol. The van der Waals surface area contributed by atoms with Crippen LogP contribution in [0.4, 0.5) is 5.69 Å². The van der Waals surface area contributed by atoms with Crippen LogP contribution in [0.15, 0.2) is 81.0 Å². The maximum absolute atomic E-state index is 11.4. The molecular weight excluding hydrogens is 430 g/mol. The summed E-state index contributed by atoms with van der Waals surface area (Å²) in [6.07, 6.45) is 0.706. The van der Waals surface area contributed by atoms with E-state index in [1.165, 1.54) is 17.8 Å². The Balaban J connectivity index is 1.69. The highest BCUT2D eigenvalue weighted by atomic mass is 79.9. The zero-order valence-corrected chi connectivity index (χ0v) is 16.6. The number of hydrogen-bond donors (Lipinski definition) is 1. The fourth-order valence-corrected chi connectivity index (χ4v) is 3.78. The van der Waals surface area contributed by atoms with Crippen LogP contribution in [-0.4, -0.2) is 16.6 Å². The van der Waals surface area contributed by atoms with Gasteiger partial charge in [-0.15, -0.1) is 0 Å². The zero-order chi connectivity index (χ0) is 19.2. The molecule has 3 aromatic carbocycles. The molecule has 0 atom stereocenters. The quantitative estimate of drug-likeness (QED) is 0.365. The molecule has 138 valence electrons. The molecule has 0 unspecified atom stereocenters. The van der Waals surface area contributed by atoms with Gasteiger partial charge >= 0.3 is 0 Å². The van der Waals surface area contributed by atoms with Gasteiger partial charge in [0.1, 0.15) is 11.5 Å². The van der Waals surface area contributed by atoms with Crippen LogP contribution >= 0.6 is 27.7 Å². The molecule has 3 aromatic rings. The smallest absolute Gasteiger partial charge is 0.286 e. The molecule has 5 nitrogen and oxygen atoms in total. The Hall–Kier alpha value is -2.51. The number of aromatic hydroxyl groups is 1. The summed E-state index contributed by atoms with van der Waals surface area (Å²) in [5.41, 5.74) is 1.12. The van der Waals surface area contributed by atoms with Crippen molar-refractivity contribution in [2.24, 2.45) is 0 Å². The number of benzene rings is 3. The van der Waals surface area contributed by atoms with E-state index in [2.05, 4.69) is 15.9 Å². The van der Waals surface area contributed by atoms with E-state index >= 15 is 0 Å². The lowest BCUT2D eigenvalue weighted by Crippen LogP contribution is -2.02. The van der Waals surface area contributed by atoms with Gasteiger partial charge < -0.3 is 9.84 Å². The van der Waals surface area contributed by atoms with Crippen molar-refractivity contribution >= 4 is 33.4 Å². The average molecular weight is 446 g/mol. The molecular formula is C20H16BrNO4S. The van der Waals surface area contributed by atoms with Crippen LogP contribution in [0.2, 0.25) is 0 Å². The molecule has 1 N–H and O–H groups in total. The molecule has 27 heavy (non-hydrogen) atoms. The molecule has 0 saturated carbocycles. The van der Waals surface area contributed by atoms with Gasteiger partial charge in [-0.3, -0.25) is 10.1 Å². The Bertz CT molecular complexity index is 947. The first-order chi connectivity index (χ1) is 13.0. The number of nitrogens with zero attached hydrogens (tertiary/aromatic N) is 1. The second kappa shape index (κ2) is 8.92. The summed E-state index contributed by atoms with van der Waals surface area (Å²) in [7, 11) is 0. The van der Waals surface area contributed by atoms with E-state index in [0.29, 0.717) is 23.7 Å². The summed E-state index contributed by atoms with van der Waals surface area (Å²) in [6, 6.07) is 19.3. The highest BCUT2D eigenvalue weighted by Gasteiger charge is 2.16. The Morgan fingerprint density at radius 2 is 1.85 bits per heavy atom. The van der Waals surface area contributed by atoms with Crippen molar-refractivity contribution in [1.82, 2.24) is 0 Å². The fourth-order valence-electron chi connectivity index (χ4n) is 2.44. The minimum Gasteiger partial charge on any atom is -0.508 e. The number of phenols is 1.